The van der Waals surface area contributed by atoms with Crippen molar-refractivity contribution in [2.75, 3.05) is 20.0 Å². The zero-order chi connectivity index (χ0) is 39.9. The molecule has 19 heteroatoms. The number of carbonyl (C=O) groups is 5. The maximum atomic E-state index is 14.2. The van der Waals surface area contributed by atoms with E-state index in [4.69, 9.17) is 28.4 Å². The van der Waals surface area contributed by atoms with Crippen molar-refractivity contribution in [1.82, 2.24) is 5.32 Å². The first-order chi connectivity index (χ1) is 25.3. The number of nitrogens with one attached hydrogen (secondary N) is 1. The summed E-state index contributed by atoms with van der Waals surface area (Å²) in [5, 5.41) is 46.9. The Morgan fingerprint density at radius 2 is 1.69 bits per heavy atom. The summed E-state index contributed by atoms with van der Waals surface area (Å²) in [5.41, 5.74) is -4.96. The van der Waals surface area contributed by atoms with Gasteiger partial charge in [0.05, 0.1) is 34.9 Å². The van der Waals surface area contributed by atoms with E-state index in [2.05, 4.69) is 0 Å². The van der Waals surface area contributed by atoms with Crippen LogP contribution >= 0.6 is 0 Å². The van der Waals surface area contributed by atoms with Crippen molar-refractivity contribution in [2.24, 2.45) is 0 Å². The number of amides is 1. The van der Waals surface area contributed by atoms with E-state index in [1.54, 1.807) is 19.2 Å². The van der Waals surface area contributed by atoms with Crippen LogP contribution < -0.4 is 10.1 Å². The molecule has 2 aliphatic carbocycles. The first-order valence-corrected chi connectivity index (χ1v) is 16.8. The first-order valence-electron chi connectivity index (χ1n) is 16.8. The van der Waals surface area contributed by atoms with Crippen LogP contribution in [-0.2, 0) is 44.5 Å². The maximum absolute atomic E-state index is 14.2. The Hall–Kier alpha value is -4.66. The van der Waals surface area contributed by atoms with Gasteiger partial charge in [0.25, 0.3) is 6.29 Å². The molecule has 0 bridgehead atoms. The Bertz CT molecular complexity index is 1840. The highest BCUT2D eigenvalue weighted by Crippen LogP contribution is 2.52. The van der Waals surface area contributed by atoms with E-state index in [1.165, 1.54) is 25.1 Å². The SMILES string of the molecule is CCOC(OCC)C(=O)OCOc1cccc2c1C(=O)c1c(O)c3c(c(O)c1C2=O)C[C@@](O)(C(C)=O)C[C@@H]3OC1CC(NC(=O)C(F)(F)F)C(O)C(C)O1. The fraction of sp³-hybridized carbons (Fsp3) is 0.514. The van der Waals surface area contributed by atoms with E-state index >= 15 is 0 Å². The molecule has 2 aromatic carbocycles. The fourth-order valence-corrected chi connectivity index (χ4v) is 6.67. The number of Topliss-reactive ketones (excluding diaryl/α,β-unsaturated/α-hetero) is 1. The van der Waals surface area contributed by atoms with E-state index < -0.39 is 127 Å². The molecule has 6 atom stereocenters. The minimum atomic E-state index is -5.28. The fourth-order valence-electron chi connectivity index (χ4n) is 6.67. The van der Waals surface area contributed by atoms with Crippen molar-refractivity contribution < 1.29 is 86.0 Å². The van der Waals surface area contributed by atoms with Crippen molar-refractivity contribution in [3.8, 4) is 17.2 Å². The molecule has 4 unspecified atom stereocenters. The summed E-state index contributed by atoms with van der Waals surface area (Å²) in [4.78, 5) is 64.9. The zero-order valence-electron chi connectivity index (χ0n) is 29.4. The maximum Gasteiger partial charge on any atom is 0.471 e. The summed E-state index contributed by atoms with van der Waals surface area (Å²) in [6, 6.07) is 2.32. The molecule has 0 spiro atoms. The second kappa shape index (κ2) is 15.6. The first kappa shape index (κ1) is 40.5. The summed E-state index contributed by atoms with van der Waals surface area (Å²) >= 11 is 0. The number of phenolic OH excluding ortho intramolecular Hbond substituents is 2. The van der Waals surface area contributed by atoms with Crippen LogP contribution in [0.25, 0.3) is 0 Å². The van der Waals surface area contributed by atoms with Crippen molar-refractivity contribution in [1.29, 1.82) is 0 Å². The van der Waals surface area contributed by atoms with Gasteiger partial charge in [-0.2, -0.15) is 13.2 Å². The third kappa shape index (κ3) is 7.64. The highest BCUT2D eigenvalue weighted by Gasteiger charge is 2.50. The molecule has 5 N–H and O–H groups in total. The molecule has 2 aromatic rings. The number of alkyl halides is 3. The third-order valence-electron chi connectivity index (χ3n) is 9.35. The number of esters is 1. The number of benzene rings is 2. The van der Waals surface area contributed by atoms with Gasteiger partial charge in [-0.15, -0.1) is 0 Å². The number of aliphatic hydroxyl groups is 2. The molecule has 1 amide bonds. The summed E-state index contributed by atoms with van der Waals surface area (Å²) in [6.45, 7) is 5.06. The predicted octanol–water partition coefficient (Wildman–Crippen LogP) is 2.02. The third-order valence-corrected chi connectivity index (χ3v) is 9.35. The molecule has 3 aliphatic rings. The largest absolute Gasteiger partial charge is 0.507 e. The number of fused-ring (bicyclic) bond motifs is 3. The normalized spacial score (nSPS) is 25.0. The van der Waals surface area contributed by atoms with E-state index in [1.807, 2.05) is 0 Å². The van der Waals surface area contributed by atoms with Gasteiger partial charge in [-0.05, 0) is 33.8 Å². The highest BCUT2D eigenvalue weighted by atomic mass is 19.4. The van der Waals surface area contributed by atoms with Crippen LogP contribution in [0.1, 0.15) is 89.6 Å². The van der Waals surface area contributed by atoms with Crippen LogP contribution in [-0.4, -0.2) is 112 Å². The van der Waals surface area contributed by atoms with Gasteiger partial charge in [0.2, 0.25) is 12.6 Å². The molecule has 0 saturated carbocycles. The lowest BCUT2D eigenvalue weighted by atomic mass is 9.72. The molecule has 5 rings (SSSR count). The van der Waals surface area contributed by atoms with E-state index in [0.717, 1.165) is 6.92 Å². The van der Waals surface area contributed by atoms with Crippen LogP contribution in [0.4, 0.5) is 13.2 Å². The van der Waals surface area contributed by atoms with Crippen molar-refractivity contribution in [2.45, 2.75) is 95.7 Å². The molecule has 1 heterocycles. The number of ether oxygens (including phenoxy) is 6. The lowest BCUT2D eigenvalue weighted by Crippen LogP contribution is -2.57. The average Bonchev–Trinajstić information content (AvgIpc) is 3.09. The number of aliphatic hydroxyl groups excluding tert-OH is 1. The quantitative estimate of drug-likeness (QED) is 0.101. The Morgan fingerprint density at radius 3 is 2.30 bits per heavy atom. The molecule has 294 valence electrons. The topological polar surface area (TPSA) is 234 Å². The predicted molar refractivity (Wildman–Crippen MR) is 172 cm³/mol. The van der Waals surface area contributed by atoms with Gasteiger partial charge in [0.15, 0.2) is 17.9 Å². The number of aromatic hydroxyl groups is 2. The summed E-state index contributed by atoms with van der Waals surface area (Å²) < 4.78 is 71.7. The highest BCUT2D eigenvalue weighted by molar-refractivity contribution is 6.31. The molecule has 1 fully saturated rings. The van der Waals surface area contributed by atoms with Gasteiger partial charge in [-0.1, -0.05) is 12.1 Å². The average molecular weight is 770 g/mol. The van der Waals surface area contributed by atoms with Gasteiger partial charge in [-0.3, -0.25) is 19.2 Å². The number of carbonyl (C=O) groups excluding carboxylic acids is 5. The molecule has 1 saturated heterocycles. The monoisotopic (exact) mass is 769 g/mol. The number of phenols is 2. The van der Waals surface area contributed by atoms with E-state index in [9.17, 15) is 57.6 Å². The second-order valence-electron chi connectivity index (χ2n) is 12.8. The van der Waals surface area contributed by atoms with Crippen LogP contribution in [0.5, 0.6) is 17.2 Å². The molecule has 0 aromatic heterocycles. The Labute approximate surface area is 305 Å². The molecule has 0 radical (unpaired) electrons. The van der Waals surface area contributed by atoms with Gasteiger partial charge >= 0.3 is 18.1 Å². The minimum absolute atomic E-state index is 0.124. The summed E-state index contributed by atoms with van der Waals surface area (Å²) in [5.74, 6) is -8.08. The molecular weight excluding hydrogens is 731 g/mol. The Morgan fingerprint density at radius 1 is 1.04 bits per heavy atom. The van der Waals surface area contributed by atoms with Crippen molar-refractivity contribution in [3.63, 3.8) is 0 Å². The number of hydrogen-bond donors (Lipinski definition) is 5. The smallest absolute Gasteiger partial charge is 0.471 e. The number of hydrogen-bond acceptors (Lipinski definition) is 15. The van der Waals surface area contributed by atoms with Crippen LogP contribution in [0.2, 0.25) is 0 Å². The van der Waals surface area contributed by atoms with Crippen molar-refractivity contribution >= 4 is 29.2 Å². The second-order valence-corrected chi connectivity index (χ2v) is 12.8. The van der Waals surface area contributed by atoms with Gasteiger partial charge in [0.1, 0.15) is 29.0 Å². The molecule has 1 aliphatic heterocycles. The van der Waals surface area contributed by atoms with Gasteiger partial charge < -0.3 is 54.2 Å². The minimum Gasteiger partial charge on any atom is -0.507 e. The Kier molecular flexibility index (Phi) is 11.7. The molecule has 16 nitrogen and oxygen atoms in total. The van der Waals surface area contributed by atoms with Gasteiger partial charge in [0, 0.05) is 49.2 Å². The molecular formula is C35H38F3NO15. The van der Waals surface area contributed by atoms with Crippen LogP contribution in [0, 0.1) is 0 Å². The molecule has 54 heavy (non-hydrogen) atoms. The lowest BCUT2D eigenvalue weighted by molar-refractivity contribution is -0.250. The van der Waals surface area contributed by atoms with E-state index in [0.29, 0.717) is 0 Å². The lowest BCUT2D eigenvalue weighted by Gasteiger charge is -2.42. The Balaban J connectivity index is 1.51. The number of ketones is 3. The van der Waals surface area contributed by atoms with Crippen LogP contribution in [0.3, 0.4) is 0 Å². The van der Waals surface area contributed by atoms with Gasteiger partial charge in [-0.25, -0.2) is 4.79 Å². The zero-order valence-corrected chi connectivity index (χ0v) is 29.4. The van der Waals surface area contributed by atoms with E-state index in [-0.39, 0.29) is 41.2 Å². The standard InChI is InChI=1S/C35H38F3NO15/c1-5-49-32(50-6-2)31(46)52-13-51-19-9-7-8-16-22(19)29(44)25-24(27(16)42)28(43)17-11-34(48,15(4)40)12-20(23(17)30(25)45)54-21-10-18(26(41)14(3)53-21)39-33(47)35(36,37)38/h7-9,14,18,20-21,26,32,41,43,45,48H,5-6,10-13H2,1-4H3,(H,39,47)/t14?,18?,20-,21?,26?,34-/m0/s1. The number of halogens is 3. The van der Waals surface area contributed by atoms with Crippen molar-refractivity contribution in [3.05, 3.63) is 51.6 Å². The summed E-state index contributed by atoms with van der Waals surface area (Å²) in [6.07, 6.45) is -14.5. The van der Waals surface area contributed by atoms with Crippen LogP contribution in [0.15, 0.2) is 18.2 Å². The summed E-state index contributed by atoms with van der Waals surface area (Å²) in [7, 11) is 0. The number of rotatable bonds is 12.